The average molecular weight is 283 g/mol. The molecule has 0 bridgehead atoms. The number of carbonyl (C=O) groups is 1. The minimum absolute atomic E-state index is 0.160. The Kier molecular flexibility index (Phi) is 4.99. The van der Waals surface area contributed by atoms with E-state index in [1.165, 1.54) is 5.56 Å². The normalized spacial score (nSPS) is 14.6. The molecule has 1 aliphatic rings. The number of fused-ring (bicyclic) bond motifs is 1. The van der Waals surface area contributed by atoms with Gasteiger partial charge in [0.1, 0.15) is 11.6 Å². The van der Waals surface area contributed by atoms with Crippen LogP contribution in [0.3, 0.4) is 0 Å². The largest absolute Gasteiger partial charge is 0.389 e. The Morgan fingerprint density at radius 1 is 1.48 bits per heavy atom. The molecule has 1 amide bonds. The van der Waals surface area contributed by atoms with Gasteiger partial charge in [0.2, 0.25) is 0 Å². The molecule has 0 saturated heterocycles. The monoisotopic (exact) mass is 283 g/mol. The van der Waals surface area contributed by atoms with Gasteiger partial charge in [-0.05, 0) is 30.4 Å². The van der Waals surface area contributed by atoms with Gasteiger partial charge >= 0.3 is 0 Å². The number of hydrogen-bond donors (Lipinski definition) is 1. The zero-order valence-corrected chi connectivity index (χ0v) is 12.6. The number of nitrogens with one attached hydrogen (secondary N) is 1. The third-order valence-electron chi connectivity index (χ3n) is 3.48. The summed E-state index contributed by atoms with van der Waals surface area (Å²) in [5.41, 5.74) is 2.26. The minimum Gasteiger partial charge on any atom is -0.389 e. The van der Waals surface area contributed by atoms with Crippen LogP contribution in [-0.2, 0) is 11.2 Å². The minimum atomic E-state index is -0.221. The van der Waals surface area contributed by atoms with Gasteiger partial charge < -0.3 is 10.2 Å². The molecule has 0 aromatic heterocycles. The number of amides is 1. The van der Waals surface area contributed by atoms with Gasteiger partial charge in [-0.3, -0.25) is 4.79 Å². The molecule has 0 spiro atoms. The van der Waals surface area contributed by atoms with E-state index in [1.807, 2.05) is 30.3 Å². The molecule has 1 aromatic carbocycles. The molecule has 4 heteroatoms. The van der Waals surface area contributed by atoms with Gasteiger partial charge in [-0.25, -0.2) is 0 Å². The van der Waals surface area contributed by atoms with Crippen molar-refractivity contribution in [2.45, 2.75) is 26.7 Å². The van der Waals surface area contributed by atoms with E-state index in [1.54, 1.807) is 11.1 Å². The highest BCUT2D eigenvalue weighted by Gasteiger charge is 2.24. The summed E-state index contributed by atoms with van der Waals surface area (Å²) >= 11 is 0. The summed E-state index contributed by atoms with van der Waals surface area (Å²) in [6.07, 6.45) is 3.46. The fourth-order valence-electron chi connectivity index (χ4n) is 2.43. The Labute approximate surface area is 126 Å². The lowest BCUT2D eigenvalue weighted by molar-refractivity contribution is -0.114. The quantitative estimate of drug-likeness (QED) is 0.682. The van der Waals surface area contributed by atoms with Crippen molar-refractivity contribution >= 4 is 11.6 Å². The molecule has 1 N–H and O–H groups in total. The van der Waals surface area contributed by atoms with Crippen LogP contribution in [-0.4, -0.2) is 19.0 Å². The van der Waals surface area contributed by atoms with Crippen LogP contribution in [0.15, 0.2) is 36.0 Å². The summed E-state index contributed by atoms with van der Waals surface area (Å²) in [7, 11) is 0. The van der Waals surface area contributed by atoms with Crippen LogP contribution in [0.25, 0.3) is 0 Å². The van der Waals surface area contributed by atoms with E-state index in [4.69, 9.17) is 0 Å². The summed E-state index contributed by atoms with van der Waals surface area (Å²) in [5, 5.41) is 12.3. The maximum atomic E-state index is 12.6. The highest BCUT2D eigenvalue weighted by atomic mass is 16.2. The molecule has 0 radical (unpaired) electrons. The first-order valence-electron chi connectivity index (χ1n) is 7.37. The topological polar surface area (TPSA) is 56.1 Å². The number of aryl methyl sites for hydroxylation is 1. The molecule has 1 heterocycles. The number of benzene rings is 1. The third-order valence-corrected chi connectivity index (χ3v) is 3.48. The smallest absolute Gasteiger partial charge is 0.270 e. The van der Waals surface area contributed by atoms with Crippen LogP contribution in [0.1, 0.15) is 25.8 Å². The fraction of sp³-hybridized carbons (Fsp3) is 0.412. The SMILES string of the molecule is CC(C)CN/C=C(/C#N)C(=O)N1CCCc2ccccc21. The molecule has 1 aliphatic heterocycles. The highest BCUT2D eigenvalue weighted by molar-refractivity contribution is 6.08. The predicted octanol–water partition coefficient (Wildman–Crippen LogP) is 2.62. The van der Waals surface area contributed by atoms with E-state index in [0.717, 1.165) is 25.1 Å². The van der Waals surface area contributed by atoms with Crippen molar-refractivity contribution in [2.75, 3.05) is 18.0 Å². The van der Waals surface area contributed by atoms with Crippen LogP contribution in [0.2, 0.25) is 0 Å². The van der Waals surface area contributed by atoms with Gasteiger partial charge in [0.15, 0.2) is 0 Å². The molecule has 4 nitrogen and oxygen atoms in total. The average Bonchev–Trinajstić information content (AvgIpc) is 2.50. The van der Waals surface area contributed by atoms with Crippen molar-refractivity contribution in [2.24, 2.45) is 5.92 Å². The van der Waals surface area contributed by atoms with Crippen LogP contribution < -0.4 is 10.2 Å². The number of nitrogens with zero attached hydrogens (tertiary/aromatic N) is 2. The predicted molar refractivity (Wildman–Crippen MR) is 83.7 cm³/mol. The number of carbonyl (C=O) groups excluding carboxylic acids is 1. The number of anilines is 1. The summed E-state index contributed by atoms with van der Waals surface area (Å²) in [5.74, 6) is 0.243. The van der Waals surface area contributed by atoms with Crippen molar-refractivity contribution in [3.8, 4) is 6.07 Å². The Morgan fingerprint density at radius 3 is 2.95 bits per heavy atom. The maximum absolute atomic E-state index is 12.6. The summed E-state index contributed by atoms with van der Waals surface area (Å²) < 4.78 is 0. The van der Waals surface area contributed by atoms with Gasteiger partial charge in [0.25, 0.3) is 5.91 Å². The van der Waals surface area contributed by atoms with Gasteiger partial charge in [0, 0.05) is 25.0 Å². The van der Waals surface area contributed by atoms with Gasteiger partial charge in [-0.1, -0.05) is 32.0 Å². The van der Waals surface area contributed by atoms with Gasteiger partial charge in [-0.15, -0.1) is 0 Å². The van der Waals surface area contributed by atoms with Crippen molar-refractivity contribution in [3.63, 3.8) is 0 Å². The van der Waals surface area contributed by atoms with Gasteiger partial charge in [0.05, 0.1) is 0 Å². The van der Waals surface area contributed by atoms with E-state index in [0.29, 0.717) is 12.5 Å². The zero-order chi connectivity index (χ0) is 15.2. The fourth-order valence-corrected chi connectivity index (χ4v) is 2.43. The first-order valence-corrected chi connectivity index (χ1v) is 7.37. The lowest BCUT2D eigenvalue weighted by Crippen LogP contribution is -2.36. The Bertz CT molecular complexity index is 584. The van der Waals surface area contributed by atoms with Crippen molar-refractivity contribution in [1.82, 2.24) is 5.32 Å². The summed E-state index contributed by atoms with van der Waals surface area (Å²) in [6.45, 7) is 5.57. The van der Waals surface area contributed by atoms with Crippen molar-refractivity contribution < 1.29 is 4.79 Å². The lowest BCUT2D eigenvalue weighted by atomic mass is 10.0. The van der Waals surface area contributed by atoms with Crippen LogP contribution in [0.4, 0.5) is 5.69 Å². The second-order valence-electron chi connectivity index (χ2n) is 5.66. The Balaban J connectivity index is 2.18. The third kappa shape index (κ3) is 3.63. The molecule has 21 heavy (non-hydrogen) atoms. The number of hydrogen-bond acceptors (Lipinski definition) is 3. The van der Waals surface area contributed by atoms with Crippen molar-refractivity contribution in [3.05, 3.63) is 41.6 Å². The van der Waals surface area contributed by atoms with E-state index in [-0.39, 0.29) is 11.5 Å². The van der Waals surface area contributed by atoms with Gasteiger partial charge in [-0.2, -0.15) is 5.26 Å². The molecular formula is C17H21N3O. The lowest BCUT2D eigenvalue weighted by Gasteiger charge is -2.29. The number of nitriles is 1. The molecule has 110 valence electrons. The van der Waals surface area contributed by atoms with Crippen LogP contribution in [0, 0.1) is 17.2 Å². The van der Waals surface area contributed by atoms with Crippen molar-refractivity contribution in [1.29, 1.82) is 5.26 Å². The molecule has 2 rings (SSSR count). The molecule has 0 unspecified atom stereocenters. The number of para-hydroxylation sites is 1. The van der Waals surface area contributed by atoms with E-state index >= 15 is 0 Å². The zero-order valence-electron chi connectivity index (χ0n) is 12.6. The molecule has 0 aliphatic carbocycles. The molecule has 0 saturated carbocycles. The highest BCUT2D eigenvalue weighted by Crippen LogP contribution is 2.27. The summed E-state index contributed by atoms with van der Waals surface area (Å²) in [4.78, 5) is 14.3. The van der Waals surface area contributed by atoms with E-state index in [9.17, 15) is 10.1 Å². The first kappa shape index (κ1) is 15.1. The second kappa shape index (κ2) is 6.94. The molecule has 0 fully saturated rings. The first-order chi connectivity index (χ1) is 10.1. The maximum Gasteiger partial charge on any atom is 0.270 e. The summed E-state index contributed by atoms with van der Waals surface area (Å²) in [6, 6.07) is 9.91. The second-order valence-corrected chi connectivity index (χ2v) is 5.66. The number of rotatable bonds is 4. The van der Waals surface area contributed by atoms with E-state index < -0.39 is 0 Å². The molecular weight excluding hydrogens is 262 g/mol. The van der Waals surface area contributed by atoms with Crippen LogP contribution in [0.5, 0.6) is 0 Å². The van der Waals surface area contributed by atoms with E-state index in [2.05, 4.69) is 19.2 Å². The van der Waals surface area contributed by atoms with Crippen LogP contribution >= 0.6 is 0 Å². The standard InChI is InChI=1S/C17H21N3O/c1-13(2)11-19-12-15(10-18)17(21)20-9-5-7-14-6-3-4-8-16(14)20/h3-4,6,8,12-13,19H,5,7,9,11H2,1-2H3/b15-12-. The molecule has 1 aromatic rings. The Morgan fingerprint density at radius 2 is 2.24 bits per heavy atom. The molecule has 0 atom stereocenters. The Hall–Kier alpha value is -2.28.